The van der Waals surface area contributed by atoms with Crippen LogP contribution >= 0.6 is 11.6 Å². The van der Waals surface area contributed by atoms with Crippen molar-refractivity contribution < 1.29 is 0 Å². The molecule has 1 saturated heterocycles. The molecule has 1 aromatic carbocycles. The average Bonchev–Trinajstić information content (AvgIpc) is 3.00. The van der Waals surface area contributed by atoms with Crippen LogP contribution in [0.15, 0.2) is 24.4 Å². The number of piperidine rings is 1. The molecule has 4 rings (SSSR count). The molecule has 4 N–H and O–H groups in total. The van der Waals surface area contributed by atoms with E-state index in [1.165, 1.54) is 0 Å². The van der Waals surface area contributed by atoms with Gasteiger partial charge in [0.05, 0.1) is 17.2 Å². The smallest absolute Gasteiger partial charge is 0.243 e. The number of nitrogen functional groups attached to an aromatic ring is 1. The molecule has 2 aromatic heterocycles. The predicted molar refractivity (Wildman–Crippen MR) is 94.2 cm³/mol. The SMILES string of the molecule is Nc1nc(NC2CCN(c3cnc4cc(Cl)ccc4n3)CC2)n[nH]1. The quantitative estimate of drug-likeness (QED) is 0.667. The lowest BCUT2D eigenvalue weighted by Gasteiger charge is -2.32. The van der Waals surface area contributed by atoms with E-state index in [0.717, 1.165) is 42.8 Å². The van der Waals surface area contributed by atoms with E-state index < -0.39 is 0 Å². The average molecular weight is 345 g/mol. The van der Waals surface area contributed by atoms with Crippen LogP contribution < -0.4 is 16.0 Å². The van der Waals surface area contributed by atoms with Crippen LogP contribution in [0.25, 0.3) is 11.0 Å². The standard InChI is InChI=1S/C15H17ClN8/c16-9-1-2-11-12(7-9)18-8-13(20-11)24-5-3-10(4-6-24)19-15-21-14(17)22-23-15/h1-2,7-8,10H,3-6H2,(H4,17,19,21,22,23). The van der Waals surface area contributed by atoms with E-state index in [9.17, 15) is 0 Å². The first-order valence-electron chi connectivity index (χ1n) is 7.79. The third-order valence-electron chi connectivity index (χ3n) is 4.15. The van der Waals surface area contributed by atoms with Crippen molar-refractivity contribution in [2.24, 2.45) is 0 Å². The van der Waals surface area contributed by atoms with Gasteiger partial charge in [0.25, 0.3) is 0 Å². The zero-order chi connectivity index (χ0) is 16.5. The van der Waals surface area contributed by atoms with Crippen molar-refractivity contribution in [3.63, 3.8) is 0 Å². The topological polar surface area (TPSA) is 109 Å². The van der Waals surface area contributed by atoms with Gasteiger partial charge in [0, 0.05) is 24.2 Å². The van der Waals surface area contributed by atoms with Crippen LogP contribution in [-0.2, 0) is 0 Å². The molecule has 124 valence electrons. The molecule has 24 heavy (non-hydrogen) atoms. The van der Waals surface area contributed by atoms with Crippen LogP contribution in [0.1, 0.15) is 12.8 Å². The number of H-pyrrole nitrogens is 1. The molecule has 1 aliphatic heterocycles. The second-order valence-corrected chi connectivity index (χ2v) is 6.25. The Hall–Kier alpha value is -2.61. The first-order chi connectivity index (χ1) is 11.7. The van der Waals surface area contributed by atoms with Crippen LogP contribution in [-0.4, -0.2) is 44.3 Å². The second kappa shape index (κ2) is 6.12. The minimum atomic E-state index is 0.321. The van der Waals surface area contributed by atoms with Crippen LogP contribution in [0.3, 0.4) is 0 Å². The van der Waals surface area contributed by atoms with E-state index in [-0.39, 0.29) is 0 Å². The van der Waals surface area contributed by atoms with Gasteiger partial charge in [-0.1, -0.05) is 11.6 Å². The Bertz CT molecular complexity index is 856. The van der Waals surface area contributed by atoms with Crippen molar-refractivity contribution in [3.05, 3.63) is 29.4 Å². The summed E-state index contributed by atoms with van der Waals surface area (Å²) in [7, 11) is 0. The lowest BCUT2D eigenvalue weighted by molar-refractivity contribution is 0.521. The first kappa shape index (κ1) is 14.9. The monoisotopic (exact) mass is 344 g/mol. The van der Waals surface area contributed by atoms with Crippen LogP contribution in [0, 0.1) is 0 Å². The van der Waals surface area contributed by atoms with Crippen molar-refractivity contribution in [3.8, 4) is 0 Å². The van der Waals surface area contributed by atoms with E-state index in [1.807, 2.05) is 24.4 Å². The van der Waals surface area contributed by atoms with Gasteiger partial charge in [0.1, 0.15) is 5.82 Å². The number of anilines is 3. The van der Waals surface area contributed by atoms with Crippen LogP contribution in [0.2, 0.25) is 5.02 Å². The molecule has 3 aromatic rings. The van der Waals surface area contributed by atoms with E-state index >= 15 is 0 Å². The molecular formula is C15H17ClN8. The van der Waals surface area contributed by atoms with Gasteiger partial charge in [0.2, 0.25) is 11.9 Å². The van der Waals surface area contributed by atoms with Gasteiger partial charge in [-0.3, -0.25) is 4.98 Å². The highest BCUT2D eigenvalue weighted by atomic mass is 35.5. The zero-order valence-corrected chi connectivity index (χ0v) is 13.7. The second-order valence-electron chi connectivity index (χ2n) is 5.81. The molecule has 1 aliphatic rings. The molecule has 9 heteroatoms. The molecule has 0 unspecified atom stereocenters. The maximum Gasteiger partial charge on any atom is 0.243 e. The molecule has 8 nitrogen and oxygen atoms in total. The number of nitrogens with two attached hydrogens (primary N) is 1. The maximum atomic E-state index is 5.99. The van der Waals surface area contributed by atoms with Crippen molar-refractivity contribution in [1.82, 2.24) is 25.1 Å². The van der Waals surface area contributed by atoms with E-state index in [1.54, 1.807) is 0 Å². The molecule has 0 amide bonds. The minimum absolute atomic E-state index is 0.321. The summed E-state index contributed by atoms with van der Waals surface area (Å²) in [6.07, 6.45) is 3.74. The van der Waals surface area contributed by atoms with Crippen LogP contribution in [0.5, 0.6) is 0 Å². The number of nitrogens with zero attached hydrogens (tertiary/aromatic N) is 5. The normalized spacial score (nSPS) is 15.8. The highest BCUT2D eigenvalue weighted by Gasteiger charge is 2.21. The fourth-order valence-electron chi connectivity index (χ4n) is 2.90. The summed E-state index contributed by atoms with van der Waals surface area (Å²) < 4.78 is 0. The van der Waals surface area contributed by atoms with E-state index in [2.05, 4.69) is 30.4 Å². The number of hydrogen-bond acceptors (Lipinski definition) is 7. The van der Waals surface area contributed by atoms with Gasteiger partial charge in [-0.15, -0.1) is 5.10 Å². The number of rotatable bonds is 3. The number of aromatic amines is 1. The molecule has 0 radical (unpaired) electrons. The third-order valence-corrected chi connectivity index (χ3v) is 4.38. The van der Waals surface area contributed by atoms with Gasteiger partial charge in [-0.2, -0.15) is 4.98 Å². The van der Waals surface area contributed by atoms with Gasteiger partial charge in [-0.05, 0) is 31.0 Å². The van der Waals surface area contributed by atoms with E-state index in [4.69, 9.17) is 22.3 Å². The summed E-state index contributed by atoms with van der Waals surface area (Å²) in [6.45, 7) is 1.79. The van der Waals surface area contributed by atoms with Crippen molar-refractivity contribution in [2.45, 2.75) is 18.9 Å². The lowest BCUT2D eigenvalue weighted by atomic mass is 10.1. The first-order valence-corrected chi connectivity index (χ1v) is 8.17. The molecule has 3 heterocycles. The highest BCUT2D eigenvalue weighted by molar-refractivity contribution is 6.31. The van der Waals surface area contributed by atoms with Crippen molar-refractivity contribution in [2.75, 3.05) is 29.0 Å². The number of halogens is 1. The Kier molecular flexibility index (Phi) is 3.81. The summed E-state index contributed by atoms with van der Waals surface area (Å²) in [5.74, 6) is 1.76. The molecule has 0 spiro atoms. The van der Waals surface area contributed by atoms with Gasteiger partial charge < -0.3 is 16.0 Å². The summed E-state index contributed by atoms with van der Waals surface area (Å²) in [4.78, 5) is 15.5. The molecule has 0 aliphatic carbocycles. The number of benzene rings is 1. The predicted octanol–water partition coefficient (Wildman–Crippen LogP) is 2.06. The maximum absolute atomic E-state index is 5.99. The Morgan fingerprint density at radius 1 is 1.21 bits per heavy atom. The number of hydrogen-bond donors (Lipinski definition) is 3. The molecule has 0 bridgehead atoms. The highest BCUT2D eigenvalue weighted by Crippen LogP contribution is 2.22. The largest absolute Gasteiger partial charge is 0.368 e. The van der Waals surface area contributed by atoms with Crippen LogP contribution in [0.4, 0.5) is 17.7 Å². The summed E-state index contributed by atoms with van der Waals surface area (Å²) in [5, 5.41) is 10.6. The fraction of sp³-hybridized carbons (Fsp3) is 0.333. The van der Waals surface area contributed by atoms with Crippen molar-refractivity contribution >= 4 is 40.3 Å². The van der Waals surface area contributed by atoms with Gasteiger partial charge >= 0.3 is 0 Å². The Morgan fingerprint density at radius 3 is 2.79 bits per heavy atom. The van der Waals surface area contributed by atoms with Gasteiger partial charge in [-0.25, -0.2) is 10.1 Å². The van der Waals surface area contributed by atoms with Crippen molar-refractivity contribution in [1.29, 1.82) is 0 Å². The van der Waals surface area contributed by atoms with E-state index in [0.29, 0.717) is 23.0 Å². The lowest BCUT2D eigenvalue weighted by Crippen LogP contribution is -2.39. The molecule has 0 atom stereocenters. The number of nitrogens with one attached hydrogen (secondary N) is 2. The Labute approximate surface area is 143 Å². The fourth-order valence-corrected chi connectivity index (χ4v) is 3.07. The summed E-state index contributed by atoms with van der Waals surface area (Å²) in [5.41, 5.74) is 7.20. The Balaban J connectivity index is 1.42. The third kappa shape index (κ3) is 3.05. The molecule has 1 fully saturated rings. The molecular weight excluding hydrogens is 328 g/mol. The minimum Gasteiger partial charge on any atom is -0.368 e. The Morgan fingerprint density at radius 2 is 2.04 bits per heavy atom. The molecule has 0 saturated carbocycles. The zero-order valence-electron chi connectivity index (χ0n) is 12.9. The number of fused-ring (bicyclic) bond motifs is 1. The van der Waals surface area contributed by atoms with Gasteiger partial charge in [0.15, 0.2) is 0 Å². The number of aromatic nitrogens is 5. The summed E-state index contributed by atoms with van der Waals surface area (Å²) in [6, 6.07) is 5.88. The summed E-state index contributed by atoms with van der Waals surface area (Å²) >= 11 is 5.99.